The molecule has 0 saturated heterocycles. The van der Waals surface area contributed by atoms with E-state index < -0.39 is 16.6 Å². The molecule has 9 heteroatoms. The van der Waals surface area contributed by atoms with E-state index in [2.05, 4.69) is 10.6 Å². The Kier molecular flexibility index (Phi) is 6.70. The molecular formula is C18H20ClFN4O3. The fourth-order valence-corrected chi connectivity index (χ4v) is 3.06. The Balaban J connectivity index is 0.00000261. The van der Waals surface area contributed by atoms with Gasteiger partial charge in [0.15, 0.2) is 0 Å². The smallest absolute Gasteiger partial charge is 0.292 e. The van der Waals surface area contributed by atoms with E-state index in [-0.39, 0.29) is 30.3 Å². The van der Waals surface area contributed by atoms with E-state index in [1.54, 1.807) is 37.4 Å². The first kappa shape index (κ1) is 20.6. The normalized spacial score (nSPS) is 12.5. The Morgan fingerprint density at radius 2 is 2.07 bits per heavy atom. The third-order valence-electron chi connectivity index (χ3n) is 4.35. The van der Waals surface area contributed by atoms with Crippen LogP contribution in [0.5, 0.6) is 0 Å². The predicted molar refractivity (Wildman–Crippen MR) is 104 cm³/mol. The zero-order valence-corrected chi connectivity index (χ0v) is 15.5. The number of amides is 1. The Morgan fingerprint density at radius 3 is 2.81 bits per heavy atom. The molecule has 0 spiro atoms. The van der Waals surface area contributed by atoms with E-state index in [0.29, 0.717) is 30.8 Å². The number of carbonyl (C=O) groups excluding carboxylic acids is 1. The van der Waals surface area contributed by atoms with Gasteiger partial charge in [-0.3, -0.25) is 14.9 Å². The van der Waals surface area contributed by atoms with Gasteiger partial charge in [0.25, 0.3) is 5.69 Å². The van der Waals surface area contributed by atoms with E-state index >= 15 is 0 Å². The third kappa shape index (κ3) is 4.53. The van der Waals surface area contributed by atoms with Crippen LogP contribution >= 0.6 is 12.4 Å². The summed E-state index contributed by atoms with van der Waals surface area (Å²) in [5.41, 5.74) is 1.88. The van der Waals surface area contributed by atoms with Gasteiger partial charge in [0.1, 0.15) is 11.5 Å². The van der Waals surface area contributed by atoms with Crippen molar-refractivity contribution in [2.45, 2.75) is 13.0 Å². The van der Waals surface area contributed by atoms with Crippen LogP contribution in [0.3, 0.4) is 0 Å². The molecule has 2 N–H and O–H groups in total. The summed E-state index contributed by atoms with van der Waals surface area (Å²) in [4.78, 5) is 24.4. The standard InChI is InChI=1S/C18H19FN4O3.ClH/c1-22(15-4-2-3-5-16(15)23(25)26)11-17(24)21-14-7-6-12-10-20-9-8-13(12)18(14)19;/h2-7,20H,8-11H2,1H3,(H,21,24);1H. The van der Waals surface area contributed by atoms with E-state index in [1.807, 2.05) is 0 Å². The number of benzene rings is 2. The van der Waals surface area contributed by atoms with Crippen molar-refractivity contribution < 1.29 is 14.1 Å². The molecular weight excluding hydrogens is 375 g/mol. The Labute approximate surface area is 162 Å². The number of nitro benzene ring substituents is 1. The van der Waals surface area contributed by atoms with Crippen LogP contribution in [0.1, 0.15) is 11.1 Å². The number of nitrogens with one attached hydrogen (secondary N) is 2. The summed E-state index contributed by atoms with van der Waals surface area (Å²) in [5.74, 6) is -0.857. The van der Waals surface area contributed by atoms with Gasteiger partial charge in [0, 0.05) is 19.7 Å². The molecule has 3 rings (SSSR count). The Morgan fingerprint density at radius 1 is 1.33 bits per heavy atom. The minimum atomic E-state index is -0.499. The molecule has 0 fully saturated rings. The minimum absolute atomic E-state index is 0. The predicted octanol–water partition coefficient (Wildman–Crippen LogP) is 2.88. The maximum absolute atomic E-state index is 14.6. The molecule has 0 aromatic heterocycles. The summed E-state index contributed by atoms with van der Waals surface area (Å²) in [5, 5.41) is 16.8. The number of hydrogen-bond acceptors (Lipinski definition) is 5. The summed E-state index contributed by atoms with van der Waals surface area (Å²) in [6, 6.07) is 9.51. The van der Waals surface area contributed by atoms with E-state index in [1.165, 1.54) is 11.0 Å². The molecule has 2 aromatic carbocycles. The van der Waals surface area contributed by atoms with Crippen molar-refractivity contribution in [1.29, 1.82) is 0 Å². The second-order valence-electron chi connectivity index (χ2n) is 6.14. The fourth-order valence-electron chi connectivity index (χ4n) is 3.06. The lowest BCUT2D eigenvalue weighted by atomic mass is 9.99. The van der Waals surface area contributed by atoms with Crippen LogP contribution in [-0.2, 0) is 17.8 Å². The number of carbonyl (C=O) groups is 1. The average Bonchev–Trinajstić information content (AvgIpc) is 2.64. The highest BCUT2D eigenvalue weighted by molar-refractivity contribution is 5.94. The molecule has 0 atom stereocenters. The van der Waals surface area contributed by atoms with Gasteiger partial charge in [-0.05, 0) is 36.2 Å². The zero-order valence-electron chi connectivity index (χ0n) is 14.7. The van der Waals surface area contributed by atoms with Crippen LogP contribution in [0.4, 0.5) is 21.5 Å². The van der Waals surface area contributed by atoms with Crippen LogP contribution in [-0.4, -0.2) is 31.0 Å². The number of anilines is 2. The Bertz CT molecular complexity index is 862. The maximum Gasteiger partial charge on any atom is 0.292 e. The summed E-state index contributed by atoms with van der Waals surface area (Å²) in [7, 11) is 1.58. The van der Waals surface area contributed by atoms with Gasteiger partial charge in [-0.1, -0.05) is 18.2 Å². The largest absolute Gasteiger partial charge is 0.360 e. The van der Waals surface area contributed by atoms with Crippen LogP contribution in [0, 0.1) is 15.9 Å². The average molecular weight is 395 g/mol. The number of rotatable bonds is 5. The highest BCUT2D eigenvalue weighted by atomic mass is 35.5. The first-order valence-electron chi connectivity index (χ1n) is 8.22. The SMILES string of the molecule is CN(CC(=O)Nc1ccc2c(c1F)CCNC2)c1ccccc1[N+](=O)[O-].Cl. The third-order valence-corrected chi connectivity index (χ3v) is 4.35. The van der Waals surface area contributed by atoms with Crippen LogP contribution < -0.4 is 15.5 Å². The van der Waals surface area contributed by atoms with Gasteiger partial charge in [-0.15, -0.1) is 12.4 Å². The molecule has 1 amide bonds. The second-order valence-corrected chi connectivity index (χ2v) is 6.14. The summed E-state index contributed by atoms with van der Waals surface area (Å²) < 4.78 is 14.6. The van der Waals surface area contributed by atoms with Crippen molar-refractivity contribution in [1.82, 2.24) is 5.32 Å². The lowest BCUT2D eigenvalue weighted by Gasteiger charge is -2.21. The molecule has 0 radical (unpaired) electrons. The topological polar surface area (TPSA) is 87.5 Å². The van der Waals surface area contributed by atoms with Gasteiger partial charge in [0.05, 0.1) is 17.2 Å². The monoisotopic (exact) mass is 394 g/mol. The number of nitrogens with zero attached hydrogens (tertiary/aromatic N) is 2. The first-order chi connectivity index (χ1) is 12.5. The van der Waals surface area contributed by atoms with Gasteiger partial charge in [-0.25, -0.2) is 4.39 Å². The van der Waals surface area contributed by atoms with Crippen molar-refractivity contribution >= 4 is 35.4 Å². The Hall–Kier alpha value is -2.71. The summed E-state index contributed by atoms with van der Waals surface area (Å²) >= 11 is 0. The summed E-state index contributed by atoms with van der Waals surface area (Å²) in [6.45, 7) is 1.17. The maximum atomic E-state index is 14.6. The van der Waals surface area contributed by atoms with Gasteiger partial charge >= 0.3 is 0 Å². The van der Waals surface area contributed by atoms with Crippen molar-refractivity contribution in [3.05, 3.63) is 63.5 Å². The number of nitro groups is 1. The first-order valence-corrected chi connectivity index (χ1v) is 8.22. The molecule has 2 aromatic rings. The highest BCUT2D eigenvalue weighted by Crippen LogP contribution is 2.27. The van der Waals surface area contributed by atoms with E-state index in [4.69, 9.17) is 0 Å². The van der Waals surface area contributed by atoms with Crippen LogP contribution in [0.25, 0.3) is 0 Å². The van der Waals surface area contributed by atoms with Crippen molar-refractivity contribution in [2.24, 2.45) is 0 Å². The molecule has 0 aliphatic carbocycles. The van der Waals surface area contributed by atoms with Crippen molar-refractivity contribution in [3.8, 4) is 0 Å². The quantitative estimate of drug-likeness (QED) is 0.601. The lowest BCUT2D eigenvalue weighted by molar-refractivity contribution is -0.384. The van der Waals surface area contributed by atoms with Gasteiger partial charge in [0.2, 0.25) is 5.91 Å². The molecule has 144 valence electrons. The highest BCUT2D eigenvalue weighted by Gasteiger charge is 2.20. The number of hydrogen-bond donors (Lipinski definition) is 2. The zero-order chi connectivity index (χ0) is 18.7. The minimum Gasteiger partial charge on any atom is -0.360 e. The van der Waals surface area contributed by atoms with Crippen LogP contribution in [0.15, 0.2) is 36.4 Å². The molecule has 0 saturated carbocycles. The molecule has 1 heterocycles. The van der Waals surface area contributed by atoms with Crippen molar-refractivity contribution in [2.75, 3.05) is 30.4 Å². The van der Waals surface area contributed by atoms with Crippen molar-refractivity contribution in [3.63, 3.8) is 0 Å². The lowest BCUT2D eigenvalue weighted by Crippen LogP contribution is -2.31. The number of halogens is 2. The molecule has 0 unspecified atom stereocenters. The fraction of sp³-hybridized carbons (Fsp3) is 0.278. The molecule has 27 heavy (non-hydrogen) atoms. The molecule has 1 aliphatic rings. The second kappa shape index (κ2) is 8.79. The number of fused-ring (bicyclic) bond motifs is 1. The van der Waals surface area contributed by atoms with Gasteiger partial charge < -0.3 is 15.5 Å². The molecule has 7 nitrogen and oxygen atoms in total. The molecule has 0 bridgehead atoms. The number of para-hydroxylation sites is 2. The van der Waals surface area contributed by atoms with Crippen LogP contribution in [0.2, 0.25) is 0 Å². The van der Waals surface area contributed by atoms with Gasteiger partial charge in [-0.2, -0.15) is 0 Å². The van der Waals surface area contributed by atoms with E-state index in [0.717, 1.165) is 5.56 Å². The summed E-state index contributed by atoms with van der Waals surface area (Å²) in [6.07, 6.45) is 0.570. The van der Waals surface area contributed by atoms with E-state index in [9.17, 15) is 19.3 Å². The molecule has 1 aliphatic heterocycles. The number of likely N-dealkylation sites (N-methyl/N-ethyl adjacent to an activating group) is 1.